The van der Waals surface area contributed by atoms with Crippen LogP contribution in [0.15, 0.2) is 35.1 Å². The molecule has 1 fully saturated rings. The van der Waals surface area contributed by atoms with Crippen LogP contribution in [0.1, 0.15) is 54.5 Å². The van der Waals surface area contributed by atoms with E-state index in [9.17, 15) is 14.0 Å². The van der Waals surface area contributed by atoms with Gasteiger partial charge in [0, 0.05) is 12.2 Å². The number of halogens is 1. The van der Waals surface area contributed by atoms with E-state index in [0.717, 1.165) is 24.1 Å². The van der Waals surface area contributed by atoms with Gasteiger partial charge in [0.15, 0.2) is 0 Å². The Labute approximate surface area is 145 Å². The van der Waals surface area contributed by atoms with Crippen LogP contribution in [-0.2, 0) is 6.42 Å². The molecule has 5 nitrogen and oxygen atoms in total. The smallest absolute Gasteiger partial charge is 0.330 e. The number of carbonyl (C=O) groups excluding carboxylic acids is 1. The Kier molecular flexibility index (Phi) is 4.97. The maximum Gasteiger partial charge on any atom is 0.345 e. The molecule has 1 N–H and O–H groups in total. The van der Waals surface area contributed by atoms with Gasteiger partial charge in [-0.05, 0) is 48.9 Å². The Morgan fingerprint density at radius 1 is 1.36 bits per heavy atom. The number of rotatable bonds is 4. The molecule has 2 aromatic rings. The quantitative estimate of drug-likeness (QED) is 0.928. The molecule has 1 unspecified atom stereocenters. The lowest BCUT2D eigenvalue weighted by Crippen LogP contribution is -2.33. The maximum atomic E-state index is 13.2. The number of likely N-dealkylation sites (tertiary alicyclic amines) is 1. The average Bonchev–Trinajstić information content (AvgIpc) is 3.03. The molecule has 25 heavy (non-hydrogen) atoms. The minimum Gasteiger partial charge on any atom is -0.330 e. The number of aromatic nitrogens is 2. The molecule has 0 radical (unpaired) electrons. The topological polar surface area (TPSA) is 66.1 Å². The first kappa shape index (κ1) is 17.3. The summed E-state index contributed by atoms with van der Waals surface area (Å²) >= 11 is 0. The fraction of sp³-hybridized carbons (Fsp3) is 0.421. The zero-order valence-corrected chi connectivity index (χ0v) is 14.5. The molecule has 2 heterocycles. The molecule has 1 aliphatic heterocycles. The third-order valence-corrected chi connectivity index (χ3v) is 4.42. The van der Waals surface area contributed by atoms with Crippen molar-refractivity contribution in [3.05, 3.63) is 63.6 Å². The van der Waals surface area contributed by atoms with E-state index in [4.69, 9.17) is 0 Å². The first-order valence-corrected chi connectivity index (χ1v) is 8.60. The Balaban J connectivity index is 1.87. The minimum atomic E-state index is -0.501. The molecule has 0 saturated carbocycles. The predicted octanol–water partition coefficient (Wildman–Crippen LogP) is 3.08. The van der Waals surface area contributed by atoms with Crippen LogP contribution >= 0.6 is 0 Å². The van der Waals surface area contributed by atoms with Crippen molar-refractivity contribution in [1.82, 2.24) is 14.9 Å². The van der Waals surface area contributed by atoms with Crippen molar-refractivity contribution in [2.24, 2.45) is 5.92 Å². The summed E-state index contributed by atoms with van der Waals surface area (Å²) in [6, 6.07) is 7.79. The predicted molar refractivity (Wildman–Crippen MR) is 92.8 cm³/mol. The Morgan fingerprint density at radius 3 is 2.76 bits per heavy atom. The standard InChI is InChI=1S/C19H22FN3O2/c1-12(2)10-15-11-16(22-19(25)21-15)18(24)23-9-3-4-17(23)13-5-7-14(20)8-6-13/h5-8,11-12,17H,3-4,9-10H2,1-2H3,(H,21,22,25). The third kappa shape index (κ3) is 3.95. The second-order valence-electron chi connectivity index (χ2n) is 6.90. The zero-order chi connectivity index (χ0) is 18.0. The number of aromatic amines is 1. The number of nitrogens with one attached hydrogen (secondary N) is 1. The summed E-state index contributed by atoms with van der Waals surface area (Å²) in [4.78, 5) is 33.0. The molecule has 0 spiro atoms. The number of H-pyrrole nitrogens is 1. The lowest BCUT2D eigenvalue weighted by atomic mass is 10.0. The SMILES string of the molecule is CC(C)Cc1cc(C(=O)N2CCCC2c2ccc(F)cc2)nc(=O)[nH]1. The van der Waals surface area contributed by atoms with Crippen LogP contribution in [0.3, 0.4) is 0 Å². The molecule has 1 aromatic heterocycles. The van der Waals surface area contributed by atoms with Crippen molar-refractivity contribution in [3.63, 3.8) is 0 Å². The van der Waals surface area contributed by atoms with Crippen LogP contribution in [-0.4, -0.2) is 27.3 Å². The number of nitrogens with zero attached hydrogens (tertiary/aromatic N) is 2. The van der Waals surface area contributed by atoms with Gasteiger partial charge < -0.3 is 9.88 Å². The highest BCUT2D eigenvalue weighted by atomic mass is 19.1. The van der Waals surface area contributed by atoms with E-state index in [2.05, 4.69) is 9.97 Å². The average molecular weight is 343 g/mol. The molecule has 1 aliphatic rings. The van der Waals surface area contributed by atoms with E-state index in [-0.39, 0.29) is 23.5 Å². The summed E-state index contributed by atoms with van der Waals surface area (Å²) < 4.78 is 13.2. The van der Waals surface area contributed by atoms with Gasteiger partial charge in [-0.1, -0.05) is 26.0 Å². The molecular weight excluding hydrogens is 321 g/mol. The molecule has 0 bridgehead atoms. The molecule has 1 atom stereocenters. The number of benzene rings is 1. The van der Waals surface area contributed by atoms with Crippen LogP contribution < -0.4 is 5.69 Å². The summed E-state index contributed by atoms with van der Waals surface area (Å²) in [6.07, 6.45) is 2.37. The molecule has 1 aromatic carbocycles. The number of hydrogen-bond donors (Lipinski definition) is 1. The fourth-order valence-corrected chi connectivity index (χ4v) is 3.36. The van der Waals surface area contributed by atoms with Crippen molar-refractivity contribution < 1.29 is 9.18 Å². The fourth-order valence-electron chi connectivity index (χ4n) is 3.36. The van der Waals surface area contributed by atoms with Crippen molar-refractivity contribution in [1.29, 1.82) is 0 Å². The van der Waals surface area contributed by atoms with Gasteiger partial charge in [0.1, 0.15) is 11.5 Å². The first-order valence-electron chi connectivity index (χ1n) is 8.60. The largest absolute Gasteiger partial charge is 0.345 e. The second-order valence-corrected chi connectivity index (χ2v) is 6.90. The van der Waals surface area contributed by atoms with E-state index in [1.54, 1.807) is 23.1 Å². The normalized spacial score (nSPS) is 17.3. The minimum absolute atomic E-state index is 0.109. The highest BCUT2D eigenvalue weighted by Gasteiger charge is 2.31. The monoisotopic (exact) mass is 343 g/mol. The van der Waals surface area contributed by atoms with Gasteiger partial charge in [-0.3, -0.25) is 4.79 Å². The van der Waals surface area contributed by atoms with Crippen LogP contribution in [0.25, 0.3) is 0 Å². The third-order valence-electron chi connectivity index (χ3n) is 4.42. The van der Waals surface area contributed by atoms with Gasteiger partial charge in [0.05, 0.1) is 6.04 Å². The molecular formula is C19H22FN3O2. The van der Waals surface area contributed by atoms with E-state index in [0.29, 0.717) is 18.9 Å². The van der Waals surface area contributed by atoms with Crippen molar-refractivity contribution in [2.75, 3.05) is 6.54 Å². The van der Waals surface area contributed by atoms with Crippen LogP contribution in [0.2, 0.25) is 0 Å². The van der Waals surface area contributed by atoms with Gasteiger partial charge in [0.25, 0.3) is 5.91 Å². The summed E-state index contributed by atoms with van der Waals surface area (Å²) in [5.41, 5.74) is 1.29. The number of hydrogen-bond acceptors (Lipinski definition) is 3. The van der Waals surface area contributed by atoms with E-state index < -0.39 is 5.69 Å². The highest BCUT2D eigenvalue weighted by molar-refractivity contribution is 5.92. The Hall–Kier alpha value is -2.50. The summed E-state index contributed by atoms with van der Waals surface area (Å²) in [5, 5.41) is 0. The van der Waals surface area contributed by atoms with E-state index in [1.165, 1.54) is 12.1 Å². The number of amides is 1. The molecule has 3 rings (SSSR count). The molecule has 1 saturated heterocycles. The number of carbonyl (C=O) groups is 1. The highest BCUT2D eigenvalue weighted by Crippen LogP contribution is 2.32. The molecule has 132 valence electrons. The first-order chi connectivity index (χ1) is 11.9. The Morgan fingerprint density at radius 2 is 2.08 bits per heavy atom. The van der Waals surface area contributed by atoms with Crippen molar-refractivity contribution in [3.8, 4) is 0 Å². The second kappa shape index (κ2) is 7.17. The Bertz CT molecular complexity index is 814. The van der Waals surface area contributed by atoms with Crippen molar-refractivity contribution in [2.45, 2.75) is 39.2 Å². The van der Waals surface area contributed by atoms with E-state index in [1.807, 2.05) is 13.8 Å². The summed E-state index contributed by atoms with van der Waals surface area (Å²) in [7, 11) is 0. The molecule has 0 aliphatic carbocycles. The molecule has 1 amide bonds. The van der Waals surface area contributed by atoms with E-state index >= 15 is 0 Å². The maximum absolute atomic E-state index is 13.2. The summed E-state index contributed by atoms with van der Waals surface area (Å²) in [6.45, 7) is 4.70. The zero-order valence-electron chi connectivity index (χ0n) is 14.5. The van der Waals surface area contributed by atoms with Crippen molar-refractivity contribution >= 4 is 5.91 Å². The summed E-state index contributed by atoms with van der Waals surface area (Å²) in [5.74, 6) is -0.183. The van der Waals surface area contributed by atoms with Crippen LogP contribution in [0, 0.1) is 11.7 Å². The lowest BCUT2D eigenvalue weighted by Gasteiger charge is -2.25. The molecule has 6 heteroatoms. The van der Waals surface area contributed by atoms with Crippen LogP contribution in [0.5, 0.6) is 0 Å². The van der Waals surface area contributed by atoms with Crippen LogP contribution in [0.4, 0.5) is 4.39 Å². The van der Waals surface area contributed by atoms with Gasteiger partial charge in [0.2, 0.25) is 0 Å². The van der Waals surface area contributed by atoms with Gasteiger partial charge in [-0.15, -0.1) is 0 Å². The van der Waals surface area contributed by atoms with Gasteiger partial charge in [-0.25, -0.2) is 9.18 Å². The van der Waals surface area contributed by atoms with Gasteiger partial charge >= 0.3 is 5.69 Å². The van der Waals surface area contributed by atoms with Gasteiger partial charge in [-0.2, -0.15) is 4.98 Å². The lowest BCUT2D eigenvalue weighted by molar-refractivity contribution is 0.0729.